The summed E-state index contributed by atoms with van der Waals surface area (Å²) in [5.41, 5.74) is 5.66. The highest BCUT2D eigenvalue weighted by molar-refractivity contribution is 7.09. The number of alkyl halides is 3. The van der Waals surface area contributed by atoms with Gasteiger partial charge in [-0.2, -0.15) is 22.5 Å². The van der Waals surface area contributed by atoms with E-state index >= 15 is 0 Å². The lowest BCUT2D eigenvalue weighted by atomic mass is 9.98. The first-order valence-corrected chi connectivity index (χ1v) is 6.65. The Morgan fingerprint density at radius 1 is 1.39 bits per heavy atom. The minimum atomic E-state index is -4.48. The van der Waals surface area contributed by atoms with Crippen LogP contribution in [-0.4, -0.2) is 21.9 Å². The SMILES string of the molecule is NCC(Nc1nc(C(F)(F)F)ns1)C1CCCC1. The summed E-state index contributed by atoms with van der Waals surface area (Å²) in [6.07, 6.45) is -0.0267. The molecular weight excluding hydrogens is 265 g/mol. The van der Waals surface area contributed by atoms with Gasteiger partial charge in [0, 0.05) is 24.1 Å². The zero-order chi connectivity index (χ0) is 13.2. The van der Waals surface area contributed by atoms with E-state index in [4.69, 9.17) is 5.73 Å². The van der Waals surface area contributed by atoms with Crippen molar-refractivity contribution < 1.29 is 13.2 Å². The van der Waals surface area contributed by atoms with Gasteiger partial charge in [0.15, 0.2) is 0 Å². The van der Waals surface area contributed by atoms with Crippen molar-refractivity contribution in [2.75, 3.05) is 11.9 Å². The molecule has 18 heavy (non-hydrogen) atoms. The van der Waals surface area contributed by atoms with Crippen LogP contribution in [0.2, 0.25) is 0 Å². The summed E-state index contributed by atoms with van der Waals surface area (Å²) in [5, 5.41) is 3.18. The smallest absolute Gasteiger partial charge is 0.356 e. The fourth-order valence-electron chi connectivity index (χ4n) is 2.28. The van der Waals surface area contributed by atoms with Gasteiger partial charge in [-0.15, -0.1) is 0 Å². The number of halogens is 3. The Kier molecular flexibility index (Phi) is 4.06. The van der Waals surface area contributed by atoms with Crippen LogP contribution in [0.5, 0.6) is 0 Å². The molecule has 0 spiro atoms. The normalized spacial score (nSPS) is 19.1. The van der Waals surface area contributed by atoms with Crippen LogP contribution in [0.15, 0.2) is 0 Å². The highest BCUT2D eigenvalue weighted by Crippen LogP contribution is 2.31. The fourth-order valence-corrected chi connectivity index (χ4v) is 2.93. The van der Waals surface area contributed by atoms with Crippen molar-refractivity contribution in [2.24, 2.45) is 11.7 Å². The maximum atomic E-state index is 12.4. The number of hydrogen-bond acceptors (Lipinski definition) is 5. The third kappa shape index (κ3) is 3.11. The third-order valence-electron chi connectivity index (χ3n) is 3.21. The van der Waals surface area contributed by atoms with Crippen molar-refractivity contribution in [3.8, 4) is 0 Å². The van der Waals surface area contributed by atoms with Gasteiger partial charge in [0.25, 0.3) is 0 Å². The number of hydrogen-bond donors (Lipinski definition) is 2. The van der Waals surface area contributed by atoms with Gasteiger partial charge in [0.05, 0.1) is 0 Å². The molecule has 1 heterocycles. The van der Waals surface area contributed by atoms with Crippen molar-refractivity contribution in [3.63, 3.8) is 0 Å². The molecule has 0 saturated heterocycles. The maximum absolute atomic E-state index is 12.4. The van der Waals surface area contributed by atoms with E-state index in [1.54, 1.807) is 0 Å². The summed E-state index contributed by atoms with van der Waals surface area (Å²) < 4.78 is 40.4. The van der Waals surface area contributed by atoms with Crippen molar-refractivity contribution in [2.45, 2.75) is 37.9 Å². The van der Waals surface area contributed by atoms with Crippen LogP contribution < -0.4 is 11.1 Å². The number of rotatable bonds is 4. The zero-order valence-electron chi connectivity index (χ0n) is 9.70. The molecule has 1 aromatic heterocycles. The second-order valence-corrected chi connectivity index (χ2v) is 5.20. The minimum Gasteiger partial charge on any atom is -0.356 e. The van der Waals surface area contributed by atoms with Crippen LogP contribution in [0.25, 0.3) is 0 Å². The Hall–Kier alpha value is -0.890. The molecule has 2 rings (SSSR count). The van der Waals surface area contributed by atoms with E-state index in [0.717, 1.165) is 37.2 Å². The predicted octanol–water partition coefficient (Wildman–Crippen LogP) is 2.49. The van der Waals surface area contributed by atoms with Crippen molar-refractivity contribution >= 4 is 16.7 Å². The standard InChI is InChI=1S/C10H15F3N4S/c11-10(12,13)8-16-9(18-17-8)15-7(5-14)6-3-1-2-4-6/h6-7H,1-5,14H2,(H,15,16,17). The largest absolute Gasteiger partial charge is 0.452 e. The van der Waals surface area contributed by atoms with E-state index in [1.807, 2.05) is 0 Å². The van der Waals surface area contributed by atoms with Crippen molar-refractivity contribution in [1.29, 1.82) is 0 Å². The maximum Gasteiger partial charge on any atom is 0.452 e. The Morgan fingerprint density at radius 3 is 2.56 bits per heavy atom. The predicted molar refractivity (Wildman–Crippen MR) is 63.3 cm³/mol. The fraction of sp³-hybridized carbons (Fsp3) is 0.800. The van der Waals surface area contributed by atoms with Gasteiger partial charge in [0.1, 0.15) is 0 Å². The molecule has 1 aromatic rings. The number of aromatic nitrogens is 2. The topological polar surface area (TPSA) is 63.8 Å². The van der Waals surface area contributed by atoms with Crippen LogP contribution in [0, 0.1) is 5.92 Å². The van der Waals surface area contributed by atoms with E-state index < -0.39 is 12.0 Å². The quantitative estimate of drug-likeness (QED) is 0.889. The number of nitrogens with zero attached hydrogens (tertiary/aromatic N) is 2. The molecule has 1 atom stereocenters. The Morgan fingerprint density at radius 2 is 2.06 bits per heavy atom. The molecule has 4 nitrogen and oxygen atoms in total. The average Bonchev–Trinajstić information content (AvgIpc) is 2.95. The zero-order valence-corrected chi connectivity index (χ0v) is 10.5. The van der Waals surface area contributed by atoms with E-state index in [9.17, 15) is 13.2 Å². The third-order valence-corrected chi connectivity index (χ3v) is 3.86. The van der Waals surface area contributed by atoms with E-state index in [-0.39, 0.29) is 11.2 Å². The van der Waals surface area contributed by atoms with E-state index in [0.29, 0.717) is 12.5 Å². The molecule has 3 N–H and O–H groups in total. The van der Waals surface area contributed by atoms with Crippen LogP contribution in [0.3, 0.4) is 0 Å². The monoisotopic (exact) mass is 280 g/mol. The molecule has 1 saturated carbocycles. The van der Waals surface area contributed by atoms with Gasteiger partial charge in [0.2, 0.25) is 11.0 Å². The Bertz CT molecular complexity index is 387. The summed E-state index contributed by atoms with van der Waals surface area (Å²) in [6.45, 7) is 0.394. The molecule has 1 aliphatic carbocycles. The lowest BCUT2D eigenvalue weighted by Gasteiger charge is -2.22. The molecule has 1 aliphatic rings. The van der Waals surface area contributed by atoms with Gasteiger partial charge in [-0.05, 0) is 18.8 Å². The lowest BCUT2D eigenvalue weighted by molar-refractivity contribution is -0.144. The molecule has 102 valence electrons. The minimum absolute atomic E-state index is 0.0125. The average molecular weight is 280 g/mol. The molecule has 0 aromatic carbocycles. The summed E-state index contributed by atoms with van der Waals surface area (Å²) in [7, 11) is 0. The molecule has 1 fully saturated rings. The van der Waals surface area contributed by atoms with Crippen molar-refractivity contribution in [3.05, 3.63) is 5.82 Å². The number of nitrogens with one attached hydrogen (secondary N) is 1. The number of nitrogens with two attached hydrogens (primary N) is 1. The highest BCUT2D eigenvalue weighted by Gasteiger charge is 2.36. The van der Waals surface area contributed by atoms with Crippen LogP contribution in [0.4, 0.5) is 18.3 Å². The molecule has 8 heteroatoms. The molecular formula is C10H15F3N4S. The number of anilines is 1. The Balaban J connectivity index is 2.01. The van der Waals surface area contributed by atoms with E-state index in [2.05, 4.69) is 14.7 Å². The molecule has 0 bridgehead atoms. The van der Waals surface area contributed by atoms with Gasteiger partial charge < -0.3 is 11.1 Å². The molecule has 1 unspecified atom stereocenters. The molecule has 0 amide bonds. The van der Waals surface area contributed by atoms with Crippen LogP contribution in [0.1, 0.15) is 31.5 Å². The van der Waals surface area contributed by atoms with E-state index in [1.165, 1.54) is 0 Å². The first kappa shape index (κ1) is 13.5. The van der Waals surface area contributed by atoms with Crippen molar-refractivity contribution in [1.82, 2.24) is 9.36 Å². The summed E-state index contributed by atoms with van der Waals surface area (Å²) in [4.78, 5) is 3.46. The summed E-state index contributed by atoms with van der Waals surface area (Å²) in [5.74, 6) is -0.662. The molecule has 0 aliphatic heterocycles. The first-order valence-electron chi connectivity index (χ1n) is 5.88. The first-order chi connectivity index (χ1) is 8.50. The second kappa shape index (κ2) is 5.40. The summed E-state index contributed by atoms with van der Waals surface area (Å²) in [6, 6.07) is -0.0125. The van der Waals surface area contributed by atoms with Gasteiger partial charge >= 0.3 is 6.18 Å². The van der Waals surface area contributed by atoms with Crippen LogP contribution >= 0.6 is 11.5 Å². The van der Waals surface area contributed by atoms with Gasteiger partial charge in [-0.3, -0.25) is 0 Å². The van der Waals surface area contributed by atoms with Gasteiger partial charge in [-0.25, -0.2) is 0 Å². The Labute approximate surface area is 107 Å². The van der Waals surface area contributed by atoms with Gasteiger partial charge in [-0.1, -0.05) is 12.8 Å². The van der Waals surface area contributed by atoms with Crippen LogP contribution in [-0.2, 0) is 6.18 Å². The second-order valence-electron chi connectivity index (χ2n) is 4.45. The highest BCUT2D eigenvalue weighted by atomic mass is 32.1. The lowest BCUT2D eigenvalue weighted by Crippen LogP contribution is -2.35. The molecule has 0 radical (unpaired) electrons. The summed E-state index contributed by atoms with van der Waals surface area (Å²) >= 11 is 0.731.